The summed E-state index contributed by atoms with van der Waals surface area (Å²) in [5.74, 6) is -1.12. The Morgan fingerprint density at radius 3 is 2.78 bits per heavy atom. The van der Waals surface area contributed by atoms with E-state index in [2.05, 4.69) is 0 Å². The smallest absolute Gasteiger partial charge is 0.303 e. The molecule has 0 fully saturated rings. The van der Waals surface area contributed by atoms with Gasteiger partial charge in [-0.05, 0) is 24.8 Å². The minimum atomic E-state index is -0.931. The summed E-state index contributed by atoms with van der Waals surface area (Å²) < 4.78 is 0. The molecule has 1 rings (SSSR count). The van der Waals surface area contributed by atoms with E-state index >= 15 is 0 Å². The molecule has 0 bridgehead atoms. The van der Waals surface area contributed by atoms with Crippen LogP contribution in [0.5, 0.6) is 0 Å². The number of carbonyl (C=O) groups excluding carboxylic acids is 1. The average Bonchev–Trinajstić information content (AvgIpc) is 2.84. The summed E-state index contributed by atoms with van der Waals surface area (Å²) in [6, 6.07) is 3.16. The third-order valence-electron chi connectivity index (χ3n) is 2.61. The van der Waals surface area contributed by atoms with Crippen molar-refractivity contribution in [1.29, 1.82) is 0 Å². The molecule has 1 amide bonds. The molecule has 100 valence electrons. The maximum atomic E-state index is 12.0. The molecular weight excluding hydrogens is 252 g/mol. The molecule has 1 aromatic rings. The van der Waals surface area contributed by atoms with Crippen LogP contribution in [0.15, 0.2) is 17.5 Å². The van der Waals surface area contributed by atoms with E-state index in [1.807, 2.05) is 24.4 Å². The van der Waals surface area contributed by atoms with E-state index in [1.54, 1.807) is 16.2 Å². The minimum absolute atomic E-state index is 0.0799. The third-order valence-corrected chi connectivity index (χ3v) is 3.47. The zero-order valence-corrected chi connectivity index (χ0v) is 11.2. The highest BCUT2D eigenvalue weighted by molar-refractivity contribution is 7.09. The monoisotopic (exact) mass is 270 g/mol. The maximum absolute atomic E-state index is 12.0. The topological polar surface area (TPSA) is 83.6 Å². The quantitative estimate of drug-likeness (QED) is 0.782. The lowest BCUT2D eigenvalue weighted by Gasteiger charge is -2.23. The zero-order chi connectivity index (χ0) is 13.5. The van der Waals surface area contributed by atoms with Gasteiger partial charge < -0.3 is 15.7 Å². The van der Waals surface area contributed by atoms with Crippen LogP contribution in [0.3, 0.4) is 0 Å². The summed E-state index contributed by atoms with van der Waals surface area (Å²) in [6.45, 7) is 2.99. The Hall–Kier alpha value is -1.40. The summed E-state index contributed by atoms with van der Waals surface area (Å²) in [5.41, 5.74) is 5.72. The highest BCUT2D eigenvalue weighted by atomic mass is 32.1. The number of aliphatic carboxylic acids is 1. The molecule has 3 N–H and O–H groups in total. The third kappa shape index (κ3) is 4.46. The molecule has 1 aromatic heterocycles. The molecule has 0 saturated carbocycles. The van der Waals surface area contributed by atoms with E-state index in [4.69, 9.17) is 10.8 Å². The summed E-state index contributed by atoms with van der Waals surface area (Å²) in [4.78, 5) is 25.2. The van der Waals surface area contributed by atoms with Crippen molar-refractivity contribution in [1.82, 2.24) is 4.90 Å². The number of rotatable bonds is 7. The molecular formula is C12H18N2O3S. The van der Waals surface area contributed by atoms with Crippen molar-refractivity contribution in [2.75, 3.05) is 6.54 Å². The van der Waals surface area contributed by atoms with Crippen molar-refractivity contribution < 1.29 is 14.7 Å². The number of carboxylic acids is 1. The second-order valence-electron chi connectivity index (χ2n) is 3.97. The molecule has 1 atom stereocenters. The fraction of sp³-hybridized carbons (Fsp3) is 0.500. The van der Waals surface area contributed by atoms with Crippen molar-refractivity contribution >= 4 is 23.2 Å². The molecule has 0 spiro atoms. The standard InChI is InChI=1S/C12H18N2O3S/c1-2-14(8-9-4-3-7-18-9)12(17)10(13)5-6-11(15)16/h3-4,7,10H,2,5-6,8,13H2,1H3,(H,15,16). The molecule has 5 nitrogen and oxygen atoms in total. The molecule has 6 heteroatoms. The van der Waals surface area contributed by atoms with Gasteiger partial charge in [0.1, 0.15) is 0 Å². The molecule has 0 aliphatic heterocycles. The van der Waals surface area contributed by atoms with Gasteiger partial charge in [-0.25, -0.2) is 0 Å². The largest absolute Gasteiger partial charge is 0.481 e. The highest BCUT2D eigenvalue weighted by Gasteiger charge is 2.20. The summed E-state index contributed by atoms with van der Waals surface area (Å²) in [6.07, 6.45) is 0.0958. The number of carboxylic acid groups (broad SMARTS) is 1. The first kappa shape index (κ1) is 14.7. The fourth-order valence-electron chi connectivity index (χ4n) is 1.57. The van der Waals surface area contributed by atoms with Crippen molar-refractivity contribution in [2.24, 2.45) is 5.73 Å². The van der Waals surface area contributed by atoms with Crippen LogP contribution in [0.25, 0.3) is 0 Å². The van der Waals surface area contributed by atoms with Gasteiger partial charge in [-0.15, -0.1) is 11.3 Å². The van der Waals surface area contributed by atoms with Crippen LogP contribution in [0.1, 0.15) is 24.6 Å². The van der Waals surface area contributed by atoms with Gasteiger partial charge in [0.2, 0.25) is 5.91 Å². The van der Waals surface area contributed by atoms with Gasteiger partial charge >= 0.3 is 5.97 Å². The van der Waals surface area contributed by atoms with E-state index < -0.39 is 12.0 Å². The molecule has 18 heavy (non-hydrogen) atoms. The fourth-order valence-corrected chi connectivity index (χ4v) is 2.29. The Morgan fingerprint density at radius 2 is 2.28 bits per heavy atom. The number of hydrogen-bond acceptors (Lipinski definition) is 4. The van der Waals surface area contributed by atoms with Crippen LogP contribution in [0, 0.1) is 0 Å². The molecule has 0 radical (unpaired) electrons. The lowest BCUT2D eigenvalue weighted by atomic mass is 10.1. The number of amides is 1. The van der Waals surface area contributed by atoms with Crippen LogP contribution in [-0.2, 0) is 16.1 Å². The molecule has 0 aliphatic rings. The Bertz CT molecular complexity index is 392. The minimum Gasteiger partial charge on any atom is -0.481 e. The van der Waals surface area contributed by atoms with Crippen LogP contribution < -0.4 is 5.73 Å². The van der Waals surface area contributed by atoms with E-state index in [-0.39, 0.29) is 18.7 Å². The van der Waals surface area contributed by atoms with Crippen LogP contribution in [0.4, 0.5) is 0 Å². The van der Waals surface area contributed by atoms with E-state index in [0.29, 0.717) is 13.1 Å². The van der Waals surface area contributed by atoms with Gasteiger partial charge in [0, 0.05) is 17.8 Å². The van der Waals surface area contributed by atoms with Crippen LogP contribution in [-0.4, -0.2) is 34.5 Å². The van der Waals surface area contributed by atoms with Crippen LogP contribution in [0.2, 0.25) is 0 Å². The van der Waals surface area contributed by atoms with Gasteiger partial charge in [-0.3, -0.25) is 9.59 Å². The number of carbonyl (C=O) groups is 2. The molecule has 0 saturated heterocycles. The predicted molar refractivity (Wildman–Crippen MR) is 70.3 cm³/mol. The first-order valence-corrected chi connectivity index (χ1v) is 6.71. The Morgan fingerprint density at radius 1 is 1.56 bits per heavy atom. The highest BCUT2D eigenvalue weighted by Crippen LogP contribution is 2.13. The van der Waals surface area contributed by atoms with Crippen LogP contribution >= 0.6 is 11.3 Å². The number of likely N-dealkylation sites (N-methyl/N-ethyl adjacent to an activating group) is 1. The Kier molecular flexibility index (Phi) is 5.80. The summed E-state index contributed by atoms with van der Waals surface area (Å²) >= 11 is 1.59. The lowest BCUT2D eigenvalue weighted by Crippen LogP contribution is -2.43. The van der Waals surface area contributed by atoms with E-state index in [0.717, 1.165) is 4.88 Å². The number of nitrogens with zero attached hydrogens (tertiary/aromatic N) is 1. The first-order valence-electron chi connectivity index (χ1n) is 5.83. The summed E-state index contributed by atoms with van der Waals surface area (Å²) in [5, 5.41) is 10.5. The number of hydrogen-bond donors (Lipinski definition) is 2. The van der Waals surface area contributed by atoms with Crippen molar-refractivity contribution in [2.45, 2.75) is 32.4 Å². The van der Waals surface area contributed by atoms with E-state index in [1.165, 1.54) is 0 Å². The van der Waals surface area contributed by atoms with E-state index in [9.17, 15) is 9.59 Å². The summed E-state index contributed by atoms with van der Waals surface area (Å²) in [7, 11) is 0. The second kappa shape index (κ2) is 7.13. The van der Waals surface area contributed by atoms with Gasteiger partial charge in [0.25, 0.3) is 0 Å². The SMILES string of the molecule is CCN(Cc1cccs1)C(=O)C(N)CCC(=O)O. The Balaban J connectivity index is 2.53. The van der Waals surface area contributed by atoms with Gasteiger partial charge in [-0.2, -0.15) is 0 Å². The maximum Gasteiger partial charge on any atom is 0.303 e. The number of thiophene rings is 1. The van der Waals surface area contributed by atoms with Crippen molar-refractivity contribution in [3.8, 4) is 0 Å². The second-order valence-corrected chi connectivity index (χ2v) is 5.00. The molecule has 1 heterocycles. The number of nitrogens with two attached hydrogens (primary N) is 1. The first-order chi connectivity index (χ1) is 8.54. The van der Waals surface area contributed by atoms with Crippen molar-refractivity contribution in [3.63, 3.8) is 0 Å². The molecule has 0 aliphatic carbocycles. The Labute approximate surface area is 110 Å². The van der Waals surface area contributed by atoms with Gasteiger partial charge in [-0.1, -0.05) is 6.07 Å². The lowest BCUT2D eigenvalue weighted by molar-refractivity contribution is -0.137. The van der Waals surface area contributed by atoms with Gasteiger partial charge in [0.15, 0.2) is 0 Å². The average molecular weight is 270 g/mol. The molecule has 0 aromatic carbocycles. The van der Waals surface area contributed by atoms with Crippen molar-refractivity contribution in [3.05, 3.63) is 22.4 Å². The van der Waals surface area contributed by atoms with Gasteiger partial charge in [0.05, 0.1) is 12.6 Å². The zero-order valence-electron chi connectivity index (χ0n) is 10.3. The predicted octanol–water partition coefficient (Wildman–Crippen LogP) is 1.29. The normalized spacial score (nSPS) is 12.1. The molecule has 1 unspecified atom stereocenters.